The lowest BCUT2D eigenvalue weighted by Crippen LogP contribution is -2.55. The summed E-state index contributed by atoms with van der Waals surface area (Å²) in [6, 6.07) is 3.14. The quantitative estimate of drug-likeness (QED) is 0.561. The summed E-state index contributed by atoms with van der Waals surface area (Å²) < 4.78 is 66.6. The fourth-order valence-electron chi connectivity index (χ4n) is 3.77. The van der Waals surface area contributed by atoms with Gasteiger partial charge in [-0.3, -0.25) is 9.88 Å². The number of aromatic nitrogens is 3. The molecule has 3 rings (SSSR count). The molecule has 0 aromatic carbocycles. The standard InChI is InChI=1S/C21H22F5N5/c1-4-15-6-5-14(3)30-17(15)11-31-12-20(22,23)7-13(2)18(31)10-29-19-27-8-16(9-28-19)21(24,25)26/h1,5-6,8-9,13,18H,7,10-12H2,2-3H3,(H,27,28,29)/t13-,18?/m1/s1. The summed E-state index contributed by atoms with van der Waals surface area (Å²) in [5.74, 6) is -0.746. The topological polar surface area (TPSA) is 53.9 Å². The van der Waals surface area contributed by atoms with Crippen molar-refractivity contribution in [1.29, 1.82) is 0 Å². The van der Waals surface area contributed by atoms with Gasteiger partial charge < -0.3 is 5.32 Å². The van der Waals surface area contributed by atoms with E-state index in [1.54, 1.807) is 30.9 Å². The molecule has 0 spiro atoms. The van der Waals surface area contributed by atoms with E-state index < -0.39 is 30.1 Å². The number of rotatable bonds is 5. The summed E-state index contributed by atoms with van der Waals surface area (Å²) in [6.07, 6.45) is 2.06. The van der Waals surface area contributed by atoms with E-state index in [-0.39, 0.29) is 31.5 Å². The zero-order valence-electron chi connectivity index (χ0n) is 17.0. The number of terminal acetylenes is 1. The van der Waals surface area contributed by atoms with Gasteiger partial charge in [-0.25, -0.2) is 18.7 Å². The number of pyridine rings is 1. The minimum atomic E-state index is -4.53. The third kappa shape index (κ3) is 5.67. The Morgan fingerprint density at radius 2 is 1.94 bits per heavy atom. The lowest BCUT2D eigenvalue weighted by molar-refractivity contribution is -0.138. The Hall–Kier alpha value is -2.80. The van der Waals surface area contributed by atoms with Gasteiger partial charge in [-0.05, 0) is 25.0 Å². The van der Waals surface area contributed by atoms with Crippen LogP contribution in [0.25, 0.3) is 0 Å². The Bertz CT molecular complexity index is 952. The first kappa shape index (κ1) is 22.9. The van der Waals surface area contributed by atoms with E-state index in [1.165, 1.54) is 0 Å². The van der Waals surface area contributed by atoms with Crippen molar-refractivity contribution in [3.05, 3.63) is 47.0 Å². The van der Waals surface area contributed by atoms with Crippen molar-refractivity contribution < 1.29 is 22.0 Å². The molecule has 0 saturated carbocycles. The maximum Gasteiger partial charge on any atom is 0.419 e. The second-order valence-corrected chi connectivity index (χ2v) is 7.77. The largest absolute Gasteiger partial charge is 0.419 e. The summed E-state index contributed by atoms with van der Waals surface area (Å²) in [5.41, 5.74) is 0.824. The molecular formula is C21H22F5N5. The van der Waals surface area contributed by atoms with Gasteiger partial charge in [0, 0.05) is 49.2 Å². The van der Waals surface area contributed by atoms with Gasteiger partial charge in [0.2, 0.25) is 5.95 Å². The average molecular weight is 439 g/mol. The third-order valence-corrected chi connectivity index (χ3v) is 5.25. The van der Waals surface area contributed by atoms with Crippen LogP contribution in [0.15, 0.2) is 24.5 Å². The third-order valence-electron chi connectivity index (χ3n) is 5.25. The van der Waals surface area contributed by atoms with Crippen LogP contribution in [0.3, 0.4) is 0 Å². The molecule has 1 aliphatic heterocycles. The van der Waals surface area contributed by atoms with Crippen LogP contribution in [0.1, 0.15) is 35.9 Å². The molecule has 1 saturated heterocycles. The molecule has 2 atom stereocenters. The number of hydrogen-bond acceptors (Lipinski definition) is 5. The Morgan fingerprint density at radius 3 is 2.55 bits per heavy atom. The minimum Gasteiger partial charge on any atom is -0.353 e. The Balaban J connectivity index is 1.78. The number of alkyl halides is 5. The van der Waals surface area contributed by atoms with Gasteiger partial charge in [-0.15, -0.1) is 6.42 Å². The summed E-state index contributed by atoms with van der Waals surface area (Å²) >= 11 is 0. The van der Waals surface area contributed by atoms with Gasteiger partial charge in [0.15, 0.2) is 0 Å². The van der Waals surface area contributed by atoms with Crippen molar-refractivity contribution in [2.75, 3.05) is 18.4 Å². The van der Waals surface area contributed by atoms with Crippen LogP contribution >= 0.6 is 0 Å². The van der Waals surface area contributed by atoms with Gasteiger partial charge in [0.05, 0.1) is 17.8 Å². The second kappa shape index (κ2) is 8.75. The number of piperidine rings is 1. The van der Waals surface area contributed by atoms with Crippen molar-refractivity contribution in [3.63, 3.8) is 0 Å². The highest BCUT2D eigenvalue weighted by atomic mass is 19.4. The molecule has 0 radical (unpaired) electrons. The molecule has 1 fully saturated rings. The van der Waals surface area contributed by atoms with Crippen LogP contribution in [-0.4, -0.2) is 44.9 Å². The first-order valence-corrected chi connectivity index (χ1v) is 9.66. The molecular weight excluding hydrogens is 417 g/mol. The molecule has 1 aliphatic rings. The van der Waals surface area contributed by atoms with Gasteiger partial charge in [0.1, 0.15) is 0 Å². The number of nitrogens with zero attached hydrogens (tertiary/aromatic N) is 4. The van der Waals surface area contributed by atoms with E-state index in [2.05, 4.69) is 26.2 Å². The maximum atomic E-state index is 14.3. The molecule has 2 aromatic heterocycles. The molecule has 0 amide bonds. The number of likely N-dealkylation sites (tertiary alicyclic amines) is 1. The average Bonchev–Trinajstić information content (AvgIpc) is 2.66. The van der Waals surface area contributed by atoms with Gasteiger partial charge >= 0.3 is 6.18 Å². The summed E-state index contributed by atoms with van der Waals surface area (Å²) in [7, 11) is 0. The monoisotopic (exact) mass is 439 g/mol. The van der Waals surface area contributed by atoms with Crippen LogP contribution in [0, 0.1) is 25.2 Å². The van der Waals surface area contributed by atoms with Crippen molar-refractivity contribution >= 4 is 5.95 Å². The molecule has 31 heavy (non-hydrogen) atoms. The molecule has 3 heterocycles. The van der Waals surface area contributed by atoms with Gasteiger partial charge in [0.25, 0.3) is 5.92 Å². The Kier molecular flexibility index (Phi) is 6.46. The summed E-state index contributed by atoms with van der Waals surface area (Å²) in [4.78, 5) is 13.4. The number of anilines is 1. The number of nitrogens with one attached hydrogen (secondary N) is 1. The number of halogens is 5. The van der Waals surface area contributed by atoms with Crippen LogP contribution in [-0.2, 0) is 12.7 Å². The second-order valence-electron chi connectivity index (χ2n) is 7.77. The highest BCUT2D eigenvalue weighted by Gasteiger charge is 2.44. The van der Waals surface area contributed by atoms with Crippen LogP contribution in [0.4, 0.5) is 27.9 Å². The van der Waals surface area contributed by atoms with Crippen molar-refractivity contribution in [2.24, 2.45) is 5.92 Å². The van der Waals surface area contributed by atoms with E-state index in [1.807, 2.05) is 0 Å². The van der Waals surface area contributed by atoms with Gasteiger partial charge in [-0.2, -0.15) is 13.2 Å². The van der Waals surface area contributed by atoms with Crippen molar-refractivity contribution in [3.8, 4) is 12.3 Å². The summed E-state index contributed by atoms with van der Waals surface area (Å²) in [6.45, 7) is 3.34. The van der Waals surface area contributed by atoms with E-state index in [9.17, 15) is 22.0 Å². The zero-order valence-corrected chi connectivity index (χ0v) is 17.0. The SMILES string of the molecule is C#Cc1ccc(C)nc1CN1CC(F)(F)C[C@@H](C)C1CNc1ncc(C(F)(F)F)cn1. The maximum absolute atomic E-state index is 14.3. The van der Waals surface area contributed by atoms with Crippen molar-refractivity contribution in [2.45, 2.75) is 45.0 Å². The smallest absolute Gasteiger partial charge is 0.353 e. The lowest BCUT2D eigenvalue weighted by atomic mass is 9.88. The molecule has 166 valence electrons. The molecule has 1 N–H and O–H groups in total. The van der Waals surface area contributed by atoms with E-state index in [0.717, 1.165) is 5.69 Å². The molecule has 0 aliphatic carbocycles. The highest BCUT2D eigenvalue weighted by Crippen LogP contribution is 2.35. The predicted octanol–water partition coefficient (Wildman–Crippen LogP) is 4.14. The molecule has 2 aromatic rings. The molecule has 1 unspecified atom stereocenters. The molecule has 10 heteroatoms. The van der Waals surface area contributed by atoms with E-state index in [0.29, 0.717) is 23.7 Å². The highest BCUT2D eigenvalue weighted by molar-refractivity contribution is 5.37. The first-order valence-electron chi connectivity index (χ1n) is 9.66. The zero-order chi connectivity index (χ0) is 22.8. The van der Waals surface area contributed by atoms with Crippen molar-refractivity contribution in [1.82, 2.24) is 19.9 Å². The minimum absolute atomic E-state index is 0.00419. The van der Waals surface area contributed by atoms with Crippen LogP contribution < -0.4 is 5.32 Å². The van der Waals surface area contributed by atoms with Gasteiger partial charge in [-0.1, -0.05) is 12.8 Å². The van der Waals surface area contributed by atoms with Crippen LogP contribution in [0.2, 0.25) is 0 Å². The predicted molar refractivity (Wildman–Crippen MR) is 105 cm³/mol. The Morgan fingerprint density at radius 1 is 1.26 bits per heavy atom. The molecule has 5 nitrogen and oxygen atoms in total. The van der Waals surface area contributed by atoms with Crippen LogP contribution in [0.5, 0.6) is 0 Å². The number of hydrogen-bond donors (Lipinski definition) is 1. The van der Waals surface area contributed by atoms with E-state index >= 15 is 0 Å². The van der Waals surface area contributed by atoms with E-state index in [4.69, 9.17) is 6.42 Å². The summed E-state index contributed by atoms with van der Waals surface area (Å²) in [5, 5.41) is 2.87. The fourth-order valence-corrected chi connectivity index (χ4v) is 3.77. The molecule has 0 bridgehead atoms. The lowest BCUT2D eigenvalue weighted by Gasteiger charge is -2.43. The fraction of sp³-hybridized carbons (Fsp3) is 0.476. The first-order chi connectivity index (χ1) is 14.5. The Labute approximate surface area is 177 Å². The number of aryl methyl sites for hydroxylation is 1. The normalized spacial score (nSPS) is 21.5.